The number of phenolic OH excluding ortho intramolecular Hbond substituents is 1. The number of aromatic hydroxyl groups is 1. The van der Waals surface area contributed by atoms with Crippen LogP contribution in [0, 0.1) is 0 Å². The molecular formula is C18H15ClO4. The van der Waals surface area contributed by atoms with Gasteiger partial charge in [-0.25, -0.2) is 0 Å². The lowest BCUT2D eigenvalue weighted by Crippen LogP contribution is -2.05. The van der Waals surface area contributed by atoms with E-state index in [9.17, 15) is 14.7 Å². The first kappa shape index (κ1) is 16.8. The molecule has 23 heavy (non-hydrogen) atoms. The summed E-state index contributed by atoms with van der Waals surface area (Å²) in [6, 6.07) is 11.1. The van der Waals surface area contributed by atoms with Crippen molar-refractivity contribution in [1.82, 2.24) is 0 Å². The van der Waals surface area contributed by atoms with Crippen molar-refractivity contribution in [2.24, 2.45) is 0 Å². The Hall–Kier alpha value is -2.59. The van der Waals surface area contributed by atoms with Crippen LogP contribution in [0.5, 0.6) is 11.5 Å². The molecule has 0 spiro atoms. The van der Waals surface area contributed by atoms with Gasteiger partial charge in [0.1, 0.15) is 0 Å². The zero-order valence-corrected chi connectivity index (χ0v) is 13.2. The fraction of sp³-hybridized carbons (Fsp3) is 0.111. The van der Waals surface area contributed by atoms with Crippen LogP contribution in [-0.2, 0) is 4.79 Å². The summed E-state index contributed by atoms with van der Waals surface area (Å²) >= 11 is 5.76. The Morgan fingerprint density at radius 2 is 1.87 bits per heavy atom. The van der Waals surface area contributed by atoms with Crippen molar-refractivity contribution in [1.29, 1.82) is 0 Å². The number of halogens is 1. The molecule has 2 rings (SSSR count). The van der Waals surface area contributed by atoms with E-state index < -0.39 is 0 Å². The van der Waals surface area contributed by atoms with Gasteiger partial charge in [-0.1, -0.05) is 23.7 Å². The van der Waals surface area contributed by atoms with Crippen molar-refractivity contribution in [3.63, 3.8) is 0 Å². The number of ether oxygens (including phenoxy) is 1. The monoisotopic (exact) mass is 330 g/mol. The first-order chi connectivity index (χ1) is 11.0. The summed E-state index contributed by atoms with van der Waals surface area (Å²) in [6.45, 7) is 0. The van der Waals surface area contributed by atoms with Gasteiger partial charge in [-0.15, -0.1) is 0 Å². The molecular weight excluding hydrogens is 316 g/mol. The van der Waals surface area contributed by atoms with Gasteiger partial charge < -0.3 is 9.84 Å². The molecule has 118 valence electrons. The van der Waals surface area contributed by atoms with E-state index >= 15 is 0 Å². The first-order valence-corrected chi connectivity index (χ1v) is 7.24. The highest BCUT2D eigenvalue weighted by molar-refractivity contribution is 6.30. The molecule has 5 heteroatoms. The molecule has 0 radical (unpaired) electrons. The van der Waals surface area contributed by atoms with E-state index in [0.717, 1.165) is 0 Å². The van der Waals surface area contributed by atoms with Crippen molar-refractivity contribution in [2.45, 2.75) is 6.42 Å². The van der Waals surface area contributed by atoms with Gasteiger partial charge in [0.2, 0.25) is 0 Å². The molecule has 2 aromatic carbocycles. The summed E-state index contributed by atoms with van der Waals surface area (Å²) in [5.41, 5.74) is 1.13. The molecule has 2 aromatic rings. The highest BCUT2D eigenvalue weighted by Gasteiger charge is 2.10. The average Bonchev–Trinajstić information content (AvgIpc) is 2.54. The summed E-state index contributed by atoms with van der Waals surface area (Å²) in [7, 11) is 1.44. The van der Waals surface area contributed by atoms with E-state index in [4.69, 9.17) is 16.3 Å². The molecule has 0 saturated heterocycles. The van der Waals surface area contributed by atoms with E-state index in [0.29, 0.717) is 21.9 Å². The van der Waals surface area contributed by atoms with Gasteiger partial charge in [0.25, 0.3) is 0 Å². The van der Waals surface area contributed by atoms with Crippen molar-refractivity contribution in [3.05, 3.63) is 64.7 Å². The number of benzene rings is 2. The molecule has 0 bridgehead atoms. The summed E-state index contributed by atoms with van der Waals surface area (Å²) < 4.78 is 4.99. The fourth-order valence-corrected chi connectivity index (χ4v) is 2.07. The van der Waals surface area contributed by atoms with E-state index in [-0.39, 0.29) is 23.7 Å². The zero-order chi connectivity index (χ0) is 16.8. The number of hydrogen-bond acceptors (Lipinski definition) is 4. The van der Waals surface area contributed by atoms with Gasteiger partial charge in [-0.05, 0) is 48.0 Å². The van der Waals surface area contributed by atoms with E-state index in [2.05, 4.69) is 0 Å². The topological polar surface area (TPSA) is 63.6 Å². The Bertz CT molecular complexity index is 748. The minimum Gasteiger partial charge on any atom is -0.504 e. The molecule has 0 aliphatic rings. The lowest BCUT2D eigenvalue weighted by Gasteiger charge is -2.03. The Morgan fingerprint density at radius 3 is 2.52 bits per heavy atom. The minimum atomic E-state index is -0.308. The maximum atomic E-state index is 12.0. The zero-order valence-electron chi connectivity index (χ0n) is 12.5. The second-order valence-corrected chi connectivity index (χ2v) is 5.27. The van der Waals surface area contributed by atoms with Crippen LogP contribution in [0.1, 0.15) is 22.3 Å². The summed E-state index contributed by atoms with van der Waals surface area (Å²) in [4.78, 5) is 23.8. The number of allylic oxidation sites excluding steroid dienone is 1. The van der Waals surface area contributed by atoms with Gasteiger partial charge in [0, 0.05) is 10.6 Å². The molecule has 0 aliphatic heterocycles. The van der Waals surface area contributed by atoms with Crippen LogP contribution in [0.25, 0.3) is 6.08 Å². The van der Waals surface area contributed by atoms with E-state index in [1.807, 2.05) is 0 Å². The fourth-order valence-electron chi connectivity index (χ4n) is 1.94. The Labute approximate surface area is 139 Å². The maximum Gasteiger partial charge on any atom is 0.170 e. The molecule has 4 nitrogen and oxygen atoms in total. The number of carbonyl (C=O) groups is 2. The number of ketones is 2. The Kier molecular flexibility index (Phi) is 5.55. The Balaban J connectivity index is 2.01. The summed E-state index contributed by atoms with van der Waals surface area (Å²) in [6.07, 6.45) is 2.69. The van der Waals surface area contributed by atoms with Crippen molar-refractivity contribution >= 4 is 29.2 Å². The summed E-state index contributed by atoms with van der Waals surface area (Å²) in [5, 5.41) is 10.0. The number of Topliss-reactive ketones (excluding diaryl/α,β-unsaturated/α-hetero) is 1. The number of hydrogen-bond donors (Lipinski definition) is 1. The molecule has 0 amide bonds. The van der Waals surface area contributed by atoms with Crippen molar-refractivity contribution in [3.8, 4) is 11.5 Å². The SMILES string of the molecule is COc1cc(C=CC(=O)CC(=O)c2ccc(Cl)cc2)ccc1O. The number of methoxy groups -OCH3 is 1. The molecule has 0 atom stereocenters. The highest BCUT2D eigenvalue weighted by atomic mass is 35.5. The van der Waals surface area contributed by atoms with Crippen LogP contribution in [-0.4, -0.2) is 23.8 Å². The molecule has 0 fully saturated rings. The number of rotatable bonds is 6. The standard InChI is InChI=1S/C18H15ClO4/c1-23-18-10-12(3-9-16(18)21)2-8-15(20)11-17(22)13-4-6-14(19)7-5-13/h2-10,21H,11H2,1H3. The molecule has 0 heterocycles. The number of carbonyl (C=O) groups excluding carboxylic acids is 2. The van der Waals surface area contributed by atoms with Gasteiger partial charge in [0.15, 0.2) is 23.1 Å². The Morgan fingerprint density at radius 1 is 1.17 bits per heavy atom. The third kappa shape index (κ3) is 4.69. The third-order valence-corrected chi connectivity index (χ3v) is 3.42. The predicted molar refractivity (Wildman–Crippen MR) is 89.1 cm³/mol. The number of phenols is 1. The van der Waals surface area contributed by atoms with Gasteiger partial charge >= 0.3 is 0 Å². The maximum absolute atomic E-state index is 12.0. The lowest BCUT2D eigenvalue weighted by atomic mass is 10.1. The van der Waals surface area contributed by atoms with Crippen LogP contribution < -0.4 is 4.74 Å². The van der Waals surface area contributed by atoms with Gasteiger partial charge in [-0.3, -0.25) is 9.59 Å². The van der Waals surface area contributed by atoms with Crippen LogP contribution >= 0.6 is 11.6 Å². The molecule has 0 saturated carbocycles. The molecule has 1 N–H and O–H groups in total. The smallest absolute Gasteiger partial charge is 0.170 e. The van der Waals surface area contributed by atoms with E-state index in [1.165, 1.54) is 19.3 Å². The largest absolute Gasteiger partial charge is 0.504 e. The second kappa shape index (κ2) is 7.61. The average molecular weight is 331 g/mol. The molecule has 0 aliphatic carbocycles. The van der Waals surface area contributed by atoms with Crippen LogP contribution in [0.3, 0.4) is 0 Å². The highest BCUT2D eigenvalue weighted by Crippen LogP contribution is 2.26. The van der Waals surface area contributed by atoms with Crippen LogP contribution in [0.15, 0.2) is 48.5 Å². The van der Waals surface area contributed by atoms with E-state index in [1.54, 1.807) is 42.5 Å². The predicted octanol–water partition coefficient (Wildman–Crippen LogP) is 3.91. The second-order valence-electron chi connectivity index (χ2n) is 4.84. The first-order valence-electron chi connectivity index (χ1n) is 6.86. The third-order valence-electron chi connectivity index (χ3n) is 3.17. The van der Waals surface area contributed by atoms with Crippen LogP contribution in [0.2, 0.25) is 5.02 Å². The van der Waals surface area contributed by atoms with Crippen LogP contribution in [0.4, 0.5) is 0 Å². The lowest BCUT2D eigenvalue weighted by molar-refractivity contribution is -0.113. The summed E-state index contributed by atoms with van der Waals surface area (Å²) in [5.74, 6) is -0.234. The van der Waals surface area contributed by atoms with Gasteiger partial charge in [0.05, 0.1) is 13.5 Å². The van der Waals surface area contributed by atoms with Crippen molar-refractivity contribution < 1.29 is 19.4 Å². The molecule has 0 aromatic heterocycles. The minimum absolute atomic E-state index is 0.0221. The van der Waals surface area contributed by atoms with Gasteiger partial charge in [-0.2, -0.15) is 0 Å². The molecule has 0 unspecified atom stereocenters. The normalized spacial score (nSPS) is 10.7. The quantitative estimate of drug-likeness (QED) is 0.495. The van der Waals surface area contributed by atoms with Crippen molar-refractivity contribution in [2.75, 3.05) is 7.11 Å².